The molecule has 1 aromatic carbocycles. The fraction of sp³-hybridized carbons (Fsp3) is 0.222. The molecule has 3 aromatic rings. The van der Waals surface area contributed by atoms with Crippen LogP contribution in [0.25, 0.3) is 11.0 Å². The summed E-state index contributed by atoms with van der Waals surface area (Å²) in [5, 5.41) is 4.08. The van der Waals surface area contributed by atoms with Crippen molar-refractivity contribution in [2.24, 2.45) is 0 Å². The number of nitrogens with one attached hydrogen (secondary N) is 1. The number of amides is 1. The maximum Gasteiger partial charge on any atom is 0.341 e. The normalized spacial score (nSPS) is 10.9. The molecule has 0 saturated heterocycles. The number of carbonyl (C=O) groups excluding carboxylic acids is 2. The Labute approximate surface area is 148 Å². The van der Waals surface area contributed by atoms with E-state index < -0.39 is 5.97 Å². The number of ether oxygens (including phenoxy) is 1. The second kappa shape index (κ2) is 6.64. The first-order valence-corrected chi connectivity index (χ1v) is 7.93. The lowest BCUT2D eigenvalue weighted by Gasteiger charge is -2.01. The summed E-state index contributed by atoms with van der Waals surface area (Å²) in [6, 6.07) is 6.73. The van der Waals surface area contributed by atoms with Crippen molar-refractivity contribution < 1.29 is 23.2 Å². The second-order valence-corrected chi connectivity index (χ2v) is 5.99. The van der Waals surface area contributed by atoms with E-state index in [4.69, 9.17) is 20.4 Å². The summed E-state index contributed by atoms with van der Waals surface area (Å²) < 4.78 is 15.8. The van der Waals surface area contributed by atoms with Crippen LogP contribution in [-0.4, -0.2) is 19.0 Å². The molecule has 0 saturated carbocycles. The van der Waals surface area contributed by atoms with Crippen LogP contribution in [0.3, 0.4) is 0 Å². The molecular weight excluding hydrogens is 346 g/mol. The van der Waals surface area contributed by atoms with Crippen LogP contribution in [0, 0.1) is 13.8 Å². The highest BCUT2D eigenvalue weighted by atomic mass is 35.5. The molecular formula is C18H16ClNO5. The van der Waals surface area contributed by atoms with E-state index in [-0.39, 0.29) is 18.2 Å². The van der Waals surface area contributed by atoms with Crippen LogP contribution in [0.4, 0.5) is 0 Å². The number of methoxy groups -OCH3 is 1. The van der Waals surface area contributed by atoms with Gasteiger partial charge < -0.3 is 18.9 Å². The summed E-state index contributed by atoms with van der Waals surface area (Å²) in [4.78, 5) is 24.0. The Bertz CT molecular complexity index is 969. The number of benzene rings is 1. The molecule has 2 aromatic heterocycles. The lowest BCUT2D eigenvalue weighted by Crippen LogP contribution is -2.22. The molecule has 0 aliphatic heterocycles. The molecule has 0 fully saturated rings. The van der Waals surface area contributed by atoms with Crippen LogP contribution in [0.1, 0.15) is 38.0 Å². The second-order valence-electron chi connectivity index (χ2n) is 5.55. The molecule has 130 valence electrons. The third-order valence-corrected chi connectivity index (χ3v) is 4.14. The van der Waals surface area contributed by atoms with E-state index in [9.17, 15) is 9.59 Å². The van der Waals surface area contributed by atoms with Crippen molar-refractivity contribution in [3.63, 3.8) is 0 Å². The fourth-order valence-corrected chi connectivity index (χ4v) is 2.77. The Morgan fingerprint density at radius 1 is 1.20 bits per heavy atom. The van der Waals surface area contributed by atoms with E-state index >= 15 is 0 Å². The predicted octanol–water partition coefficient (Wildman–Crippen LogP) is 4.01. The standard InChI is InChI=1S/C18H16ClNO5/c1-9-13-6-11(19)4-5-15(13)25-16(9)17(21)20-8-12-7-14(10(2)24-12)18(22)23-3/h4-7H,8H2,1-3H3,(H,20,21). The van der Waals surface area contributed by atoms with Crippen molar-refractivity contribution >= 4 is 34.4 Å². The van der Waals surface area contributed by atoms with Crippen molar-refractivity contribution in [1.29, 1.82) is 0 Å². The van der Waals surface area contributed by atoms with Crippen molar-refractivity contribution in [3.05, 3.63) is 57.7 Å². The highest BCUT2D eigenvalue weighted by molar-refractivity contribution is 6.31. The van der Waals surface area contributed by atoms with Crippen molar-refractivity contribution in [2.75, 3.05) is 7.11 Å². The van der Waals surface area contributed by atoms with Crippen LogP contribution in [0.5, 0.6) is 0 Å². The van der Waals surface area contributed by atoms with E-state index in [1.165, 1.54) is 7.11 Å². The number of aryl methyl sites for hydroxylation is 2. The molecule has 6 nitrogen and oxygen atoms in total. The first kappa shape index (κ1) is 17.1. The molecule has 1 N–H and O–H groups in total. The van der Waals surface area contributed by atoms with Gasteiger partial charge in [0, 0.05) is 16.0 Å². The highest BCUT2D eigenvalue weighted by Crippen LogP contribution is 2.28. The van der Waals surface area contributed by atoms with Gasteiger partial charge in [0.1, 0.15) is 22.7 Å². The number of esters is 1. The summed E-state index contributed by atoms with van der Waals surface area (Å²) >= 11 is 5.98. The Morgan fingerprint density at radius 2 is 1.96 bits per heavy atom. The van der Waals surface area contributed by atoms with E-state index in [1.807, 2.05) is 0 Å². The molecule has 0 spiro atoms. The number of carbonyl (C=O) groups is 2. The average Bonchev–Trinajstić information content (AvgIpc) is 3.12. The minimum Gasteiger partial charge on any atom is -0.465 e. The van der Waals surface area contributed by atoms with Crippen LogP contribution >= 0.6 is 11.6 Å². The zero-order valence-corrected chi connectivity index (χ0v) is 14.7. The van der Waals surface area contributed by atoms with Crippen molar-refractivity contribution in [2.45, 2.75) is 20.4 Å². The van der Waals surface area contributed by atoms with Gasteiger partial charge in [0.05, 0.1) is 13.7 Å². The Balaban J connectivity index is 1.77. The van der Waals surface area contributed by atoms with Gasteiger partial charge >= 0.3 is 5.97 Å². The lowest BCUT2D eigenvalue weighted by atomic mass is 10.1. The molecule has 25 heavy (non-hydrogen) atoms. The van der Waals surface area contributed by atoms with Gasteiger partial charge in [0.2, 0.25) is 0 Å². The van der Waals surface area contributed by atoms with Gasteiger partial charge in [-0.05, 0) is 38.1 Å². The summed E-state index contributed by atoms with van der Waals surface area (Å²) in [7, 11) is 1.30. The minimum absolute atomic E-state index is 0.119. The lowest BCUT2D eigenvalue weighted by molar-refractivity contribution is 0.0598. The van der Waals surface area contributed by atoms with Crippen LogP contribution in [0.15, 0.2) is 33.1 Å². The third kappa shape index (κ3) is 3.25. The van der Waals surface area contributed by atoms with Crippen molar-refractivity contribution in [3.8, 4) is 0 Å². The Kier molecular flexibility index (Phi) is 4.55. The number of hydrogen-bond acceptors (Lipinski definition) is 5. The van der Waals surface area contributed by atoms with Crippen LogP contribution in [0.2, 0.25) is 5.02 Å². The first-order valence-electron chi connectivity index (χ1n) is 7.55. The molecule has 0 aliphatic carbocycles. The zero-order valence-electron chi connectivity index (χ0n) is 13.9. The molecule has 2 heterocycles. The predicted molar refractivity (Wildman–Crippen MR) is 91.9 cm³/mol. The Hall–Kier alpha value is -2.73. The highest BCUT2D eigenvalue weighted by Gasteiger charge is 2.19. The number of rotatable bonds is 4. The quantitative estimate of drug-likeness (QED) is 0.710. The van der Waals surface area contributed by atoms with Gasteiger partial charge in [0.25, 0.3) is 5.91 Å². The van der Waals surface area contributed by atoms with Gasteiger partial charge in [-0.25, -0.2) is 4.79 Å². The fourth-order valence-electron chi connectivity index (χ4n) is 2.60. The van der Waals surface area contributed by atoms with E-state index in [0.29, 0.717) is 33.3 Å². The minimum atomic E-state index is -0.483. The van der Waals surface area contributed by atoms with E-state index in [0.717, 1.165) is 5.39 Å². The largest absolute Gasteiger partial charge is 0.465 e. The maximum absolute atomic E-state index is 12.4. The number of hydrogen-bond donors (Lipinski definition) is 1. The molecule has 3 rings (SSSR count). The number of halogens is 1. The van der Waals surface area contributed by atoms with E-state index in [2.05, 4.69) is 10.1 Å². The summed E-state index contributed by atoms with van der Waals surface area (Å²) in [5.41, 5.74) is 1.64. The van der Waals surface area contributed by atoms with Gasteiger partial charge in [-0.2, -0.15) is 0 Å². The number of fused-ring (bicyclic) bond motifs is 1. The smallest absolute Gasteiger partial charge is 0.341 e. The summed E-state index contributed by atoms with van der Waals surface area (Å²) in [5.74, 6) is 0.241. The summed E-state index contributed by atoms with van der Waals surface area (Å²) in [6.07, 6.45) is 0. The molecule has 0 radical (unpaired) electrons. The third-order valence-electron chi connectivity index (χ3n) is 3.90. The van der Waals surface area contributed by atoms with Gasteiger partial charge in [-0.3, -0.25) is 4.79 Å². The summed E-state index contributed by atoms with van der Waals surface area (Å²) in [6.45, 7) is 3.57. The monoisotopic (exact) mass is 361 g/mol. The SMILES string of the molecule is COC(=O)c1cc(CNC(=O)c2oc3ccc(Cl)cc3c2C)oc1C. The molecule has 7 heteroatoms. The average molecular weight is 362 g/mol. The van der Waals surface area contributed by atoms with Gasteiger partial charge in [0.15, 0.2) is 5.76 Å². The van der Waals surface area contributed by atoms with Crippen molar-refractivity contribution in [1.82, 2.24) is 5.32 Å². The first-order chi connectivity index (χ1) is 11.9. The van der Waals surface area contributed by atoms with Gasteiger partial charge in [-0.15, -0.1) is 0 Å². The number of furan rings is 2. The maximum atomic E-state index is 12.4. The molecule has 0 atom stereocenters. The van der Waals surface area contributed by atoms with E-state index in [1.54, 1.807) is 38.1 Å². The molecule has 0 bridgehead atoms. The van der Waals surface area contributed by atoms with Crippen LogP contribution in [-0.2, 0) is 11.3 Å². The topological polar surface area (TPSA) is 81.7 Å². The van der Waals surface area contributed by atoms with Crippen LogP contribution < -0.4 is 5.32 Å². The molecule has 1 amide bonds. The zero-order chi connectivity index (χ0) is 18.1. The molecule has 0 unspecified atom stereocenters. The molecule has 0 aliphatic rings. The van der Waals surface area contributed by atoms with Gasteiger partial charge in [-0.1, -0.05) is 11.6 Å². The Morgan fingerprint density at radius 3 is 2.68 bits per heavy atom.